The third-order valence-corrected chi connectivity index (χ3v) is 2.97. The number of hydrogen-bond donors (Lipinski definition) is 0. The average molecular weight is 223 g/mol. The third kappa shape index (κ3) is 1.94. The fourth-order valence-electron chi connectivity index (χ4n) is 1.98. The third-order valence-electron chi connectivity index (χ3n) is 2.97. The monoisotopic (exact) mass is 223 g/mol. The van der Waals surface area contributed by atoms with Gasteiger partial charge in [0.2, 0.25) is 0 Å². The van der Waals surface area contributed by atoms with Crippen LogP contribution in [0.3, 0.4) is 0 Å². The minimum absolute atomic E-state index is 0.105. The molecule has 0 aliphatic carbocycles. The number of carbonyl (C=O) groups is 1. The molecule has 2 aromatic rings. The molecule has 1 aliphatic heterocycles. The van der Waals surface area contributed by atoms with Crippen LogP contribution < -0.4 is 4.90 Å². The topological polar surface area (TPSA) is 20.1 Å². The van der Waals surface area contributed by atoms with Crippen molar-refractivity contribution in [1.29, 1.82) is 0 Å². The van der Waals surface area contributed by atoms with Crippen LogP contribution in [0, 0.1) is 0 Å². The number of ketones is 1. The maximum Gasteiger partial charge on any atom is 0.195 e. The van der Waals surface area contributed by atoms with Gasteiger partial charge >= 0.3 is 0 Å². The van der Waals surface area contributed by atoms with E-state index < -0.39 is 0 Å². The van der Waals surface area contributed by atoms with Gasteiger partial charge < -0.3 is 4.90 Å². The average Bonchev–Trinajstić information content (AvgIpc) is 3.23. The van der Waals surface area contributed by atoms with Crippen LogP contribution in [-0.4, -0.2) is 18.9 Å². The maximum atomic E-state index is 12.4. The number of para-hydroxylation sites is 1. The van der Waals surface area contributed by atoms with E-state index in [1.807, 2.05) is 54.6 Å². The van der Waals surface area contributed by atoms with Crippen LogP contribution in [0.15, 0.2) is 54.6 Å². The van der Waals surface area contributed by atoms with E-state index in [1.54, 1.807) is 0 Å². The number of nitrogens with zero attached hydrogens (tertiary/aromatic N) is 1. The summed E-state index contributed by atoms with van der Waals surface area (Å²) in [6.07, 6.45) is 0. The molecule has 0 atom stereocenters. The van der Waals surface area contributed by atoms with Gasteiger partial charge in [-0.1, -0.05) is 42.5 Å². The van der Waals surface area contributed by atoms with Crippen molar-refractivity contribution in [1.82, 2.24) is 0 Å². The van der Waals surface area contributed by atoms with Gasteiger partial charge in [0.05, 0.1) is 0 Å². The van der Waals surface area contributed by atoms with E-state index >= 15 is 0 Å². The molecule has 2 heteroatoms. The van der Waals surface area contributed by atoms with Crippen molar-refractivity contribution in [2.75, 3.05) is 18.0 Å². The lowest BCUT2D eigenvalue weighted by molar-refractivity contribution is 0.103. The number of hydrogen-bond acceptors (Lipinski definition) is 2. The highest BCUT2D eigenvalue weighted by Gasteiger charge is 2.23. The summed E-state index contributed by atoms with van der Waals surface area (Å²) in [5.41, 5.74) is 2.61. The number of anilines is 1. The van der Waals surface area contributed by atoms with Crippen LogP contribution in [-0.2, 0) is 0 Å². The van der Waals surface area contributed by atoms with Gasteiger partial charge in [0, 0.05) is 29.9 Å². The zero-order chi connectivity index (χ0) is 11.7. The predicted molar refractivity (Wildman–Crippen MR) is 68.5 cm³/mol. The maximum absolute atomic E-state index is 12.4. The molecule has 0 radical (unpaired) electrons. The van der Waals surface area contributed by atoms with Crippen LogP contribution in [0.1, 0.15) is 15.9 Å². The van der Waals surface area contributed by atoms with Crippen LogP contribution in [0.2, 0.25) is 0 Å². The molecular weight excluding hydrogens is 210 g/mol. The van der Waals surface area contributed by atoms with Crippen molar-refractivity contribution < 1.29 is 4.79 Å². The van der Waals surface area contributed by atoms with Crippen molar-refractivity contribution in [2.24, 2.45) is 0 Å². The Kier molecular flexibility index (Phi) is 2.41. The lowest BCUT2D eigenvalue weighted by Crippen LogP contribution is -2.05. The van der Waals surface area contributed by atoms with E-state index in [2.05, 4.69) is 4.90 Å². The van der Waals surface area contributed by atoms with Gasteiger partial charge in [-0.2, -0.15) is 0 Å². The summed E-state index contributed by atoms with van der Waals surface area (Å²) in [6, 6.07) is 17.3. The molecule has 0 spiro atoms. The normalized spacial score (nSPS) is 13.5. The van der Waals surface area contributed by atoms with E-state index in [4.69, 9.17) is 0 Å². The molecule has 17 heavy (non-hydrogen) atoms. The van der Waals surface area contributed by atoms with Gasteiger partial charge in [-0.25, -0.2) is 0 Å². The van der Waals surface area contributed by atoms with E-state index in [1.165, 1.54) is 0 Å². The van der Waals surface area contributed by atoms with Crippen LogP contribution in [0.4, 0.5) is 5.69 Å². The number of carbonyl (C=O) groups excluding carboxylic acids is 1. The molecular formula is C15H13NO. The molecule has 0 bridgehead atoms. The lowest BCUT2D eigenvalue weighted by Gasteiger charge is -2.09. The van der Waals surface area contributed by atoms with Crippen molar-refractivity contribution in [3.8, 4) is 0 Å². The van der Waals surface area contributed by atoms with Gasteiger partial charge in [0.25, 0.3) is 0 Å². The number of rotatable bonds is 3. The first-order valence-electron chi connectivity index (χ1n) is 5.80. The van der Waals surface area contributed by atoms with E-state index in [0.29, 0.717) is 0 Å². The SMILES string of the molecule is O=C(c1ccccc1)c1ccccc1N1CC1. The van der Waals surface area contributed by atoms with E-state index in [-0.39, 0.29) is 5.78 Å². The summed E-state index contributed by atoms with van der Waals surface area (Å²) >= 11 is 0. The molecule has 0 aromatic heterocycles. The van der Waals surface area contributed by atoms with E-state index in [0.717, 1.165) is 29.9 Å². The van der Waals surface area contributed by atoms with Gasteiger partial charge in [0.1, 0.15) is 0 Å². The van der Waals surface area contributed by atoms with Gasteiger partial charge in [0.15, 0.2) is 5.78 Å². The Morgan fingerprint density at radius 1 is 0.882 bits per heavy atom. The molecule has 84 valence electrons. The first kappa shape index (κ1) is 10.1. The standard InChI is InChI=1S/C15H13NO/c17-15(12-6-2-1-3-7-12)13-8-4-5-9-14(13)16-10-11-16/h1-9H,10-11H2. The molecule has 1 heterocycles. The van der Waals surface area contributed by atoms with Crippen molar-refractivity contribution in [3.63, 3.8) is 0 Å². The Hall–Kier alpha value is -2.09. The summed E-state index contributed by atoms with van der Waals surface area (Å²) in [7, 11) is 0. The first-order valence-corrected chi connectivity index (χ1v) is 5.80. The fourth-order valence-corrected chi connectivity index (χ4v) is 1.98. The molecule has 3 rings (SSSR count). The second kappa shape index (κ2) is 4.06. The molecule has 1 fully saturated rings. The summed E-state index contributed by atoms with van der Waals surface area (Å²) in [5, 5.41) is 0. The smallest absolute Gasteiger partial charge is 0.195 e. The van der Waals surface area contributed by atoms with Crippen molar-refractivity contribution in [2.45, 2.75) is 0 Å². The Morgan fingerprint density at radius 3 is 2.24 bits per heavy atom. The highest BCUT2D eigenvalue weighted by Crippen LogP contribution is 2.27. The Balaban J connectivity index is 2.02. The molecule has 2 aromatic carbocycles. The van der Waals surface area contributed by atoms with Crippen LogP contribution in [0.25, 0.3) is 0 Å². The quantitative estimate of drug-likeness (QED) is 0.589. The minimum Gasteiger partial charge on any atom is -0.367 e. The van der Waals surface area contributed by atoms with Crippen LogP contribution in [0.5, 0.6) is 0 Å². The Bertz CT molecular complexity index is 544. The van der Waals surface area contributed by atoms with Crippen molar-refractivity contribution in [3.05, 3.63) is 65.7 Å². The van der Waals surface area contributed by atoms with E-state index in [9.17, 15) is 4.79 Å². The summed E-state index contributed by atoms with van der Waals surface area (Å²) in [4.78, 5) is 14.6. The van der Waals surface area contributed by atoms with Crippen LogP contribution >= 0.6 is 0 Å². The van der Waals surface area contributed by atoms with Gasteiger partial charge in [-0.3, -0.25) is 4.79 Å². The number of benzene rings is 2. The first-order chi connectivity index (χ1) is 8.36. The zero-order valence-corrected chi connectivity index (χ0v) is 9.47. The second-order valence-corrected chi connectivity index (χ2v) is 4.20. The highest BCUT2D eigenvalue weighted by atomic mass is 16.1. The molecule has 1 aliphatic rings. The Morgan fingerprint density at radius 2 is 1.53 bits per heavy atom. The largest absolute Gasteiger partial charge is 0.367 e. The lowest BCUT2D eigenvalue weighted by atomic mass is 10.0. The van der Waals surface area contributed by atoms with Gasteiger partial charge in [-0.15, -0.1) is 0 Å². The Labute approximate surface area is 100 Å². The molecule has 2 nitrogen and oxygen atoms in total. The van der Waals surface area contributed by atoms with Gasteiger partial charge in [-0.05, 0) is 12.1 Å². The molecule has 0 saturated carbocycles. The predicted octanol–water partition coefficient (Wildman–Crippen LogP) is 2.74. The summed E-state index contributed by atoms with van der Waals surface area (Å²) < 4.78 is 0. The second-order valence-electron chi connectivity index (χ2n) is 4.20. The fraction of sp³-hybridized carbons (Fsp3) is 0.133. The molecule has 0 N–H and O–H groups in total. The molecule has 0 amide bonds. The molecule has 1 saturated heterocycles. The summed E-state index contributed by atoms with van der Waals surface area (Å²) in [5.74, 6) is 0.105. The minimum atomic E-state index is 0.105. The zero-order valence-electron chi connectivity index (χ0n) is 9.47. The molecule has 0 unspecified atom stereocenters. The summed E-state index contributed by atoms with van der Waals surface area (Å²) in [6.45, 7) is 2.11. The van der Waals surface area contributed by atoms with Crippen molar-refractivity contribution >= 4 is 11.5 Å². The highest BCUT2D eigenvalue weighted by molar-refractivity contribution is 6.12.